The van der Waals surface area contributed by atoms with Gasteiger partial charge in [0, 0.05) is 87.8 Å². The van der Waals surface area contributed by atoms with Crippen molar-refractivity contribution in [1.82, 2.24) is 0 Å². The zero-order valence-electron chi connectivity index (χ0n) is 63.4. The maximum Gasteiger partial charge on any atom is 0.0481 e. The van der Waals surface area contributed by atoms with Gasteiger partial charge in [-0.1, -0.05) is 259 Å². The first-order chi connectivity index (χ1) is 50.5. The fourth-order valence-corrected chi connectivity index (χ4v) is 26.3. The number of thiophene rings is 10. The molecule has 0 aromatic carbocycles. The van der Waals surface area contributed by atoms with Crippen LogP contribution in [0.2, 0.25) is 0 Å². The molecule has 0 amide bonds. The Morgan fingerprint density at radius 3 is 0.696 bits per heavy atom. The molecule has 10 aromatic rings. The Labute approximate surface area is 660 Å². The third-order valence-corrected chi connectivity index (χ3v) is 33.4. The van der Waals surface area contributed by atoms with Crippen LogP contribution in [0, 0.1) is 0 Å². The fourth-order valence-electron chi connectivity index (χ4n) is 14.9. The van der Waals surface area contributed by atoms with Gasteiger partial charge in [0.15, 0.2) is 0 Å². The summed E-state index contributed by atoms with van der Waals surface area (Å²) in [6.45, 7) is 9.28. The first-order valence-electron chi connectivity index (χ1n) is 41.5. The summed E-state index contributed by atoms with van der Waals surface area (Å²) < 4.78 is 0. The van der Waals surface area contributed by atoms with Crippen molar-refractivity contribution in [2.45, 2.75) is 336 Å². The predicted octanol–water partition coefficient (Wildman–Crippen LogP) is 36.1. The molecular formula is C92H126S10. The van der Waals surface area contributed by atoms with Crippen molar-refractivity contribution in [2.75, 3.05) is 0 Å². The van der Waals surface area contributed by atoms with Gasteiger partial charge in [-0.2, -0.15) is 0 Å². The standard InChI is InChI=1S/C92H126S10/c1-5-9-13-17-21-25-29-33-37-41-47-71-65-67-93-89(71)83-61-57-77(97-83)79-59-63-85(99-79)91-73(49-43-39-35-31-27-23-19-15-11-7-3)69-87(101-91)81-55-53-75(95-81)51-45-46-52-76-54-56-82(96-76)88-70-74(50-44-40-36-32-28-24-20-16-12-8-4)92(102-88)86-64-60-80(100-86)78-58-62-84(98-78)90-72(66-68-94-90)48-42-38-34-30-26-22-18-14-10-6-2/h53-70H,5-52H2,1-4H3. The lowest BCUT2D eigenvalue weighted by Gasteiger charge is -2.04. The van der Waals surface area contributed by atoms with Crippen LogP contribution in [0.3, 0.4) is 0 Å². The molecule has 0 nitrogen and oxygen atoms in total. The van der Waals surface area contributed by atoms with Crippen molar-refractivity contribution in [3.05, 3.63) is 140 Å². The summed E-state index contributed by atoms with van der Waals surface area (Å²) in [5.41, 5.74) is 6.26. The first-order valence-corrected chi connectivity index (χ1v) is 49.7. The van der Waals surface area contributed by atoms with E-state index < -0.39 is 0 Å². The van der Waals surface area contributed by atoms with Crippen LogP contribution in [-0.2, 0) is 38.5 Å². The molecule has 554 valence electrons. The molecule has 10 heteroatoms. The van der Waals surface area contributed by atoms with Crippen molar-refractivity contribution in [2.24, 2.45) is 0 Å². The molecule has 0 fully saturated rings. The van der Waals surface area contributed by atoms with Gasteiger partial charge >= 0.3 is 0 Å². The minimum atomic E-state index is 1.16. The molecule has 0 bridgehead atoms. The summed E-state index contributed by atoms with van der Waals surface area (Å²) in [5.74, 6) is 0. The lowest BCUT2D eigenvalue weighted by molar-refractivity contribution is 0.556. The quantitative estimate of drug-likeness (QED) is 0.0333. The van der Waals surface area contributed by atoms with Gasteiger partial charge < -0.3 is 0 Å². The van der Waals surface area contributed by atoms with Crippen LogP contribution in [0.15, 0.2) is 108 Å². The van der Waals surface area contributed by atoms with Crippen molar-refractivity contribution < 1.29 is 0 Å². The Morgan fingerprint density at radius 2 is 0.402 bits per heavy atom. The van der Waals surface area contributed by atoms with Gasteiger partial charge in [0.1, 0.15) is 0 Å². The van der Waals surface area contributed by atoms with Crippen molar-refractivity contribution in [3.63, 3.8) is 0 Å². The molecule has 10 aromatic heterocycles. The van der Waals surface area contributed by atoms with Gasteiger partial charge in [-0.15, -0.1) is 113 Å². The number of rotatable bonds is 57. The summed E-state index contributed by atoms with van der Waals surface area (Å²) in [6, 6.07) is 39.2. The monoisotopic (exact) mass is 1550 g/mol. The Morgan fingerprint density at radius 1 is 0.176 bits per heavy atom. The van der Waals surface area contributed by atoms with Gasteiger partial charge in [-0.25, -0.2) is 0 Å². The lowest BCUT2D eigenvalue weighted by Crippen LogP contribution is -1.86. The fraction of sp³-hybridized carbons (Fsp3) is 0.565. The number of unbranched alkanes of at least 4 members (excludes halogenated alkanes) is 37. The topological polar surface area (TPSA) is 0 Å². The third-order valence-electron chi connectivity index (χ3n) is 21.0. The van der Waals surface area contributed by atoms with Gasteiger partial charge in [-0.3, -0.25) is 0 Å². The molecule has 0 saturated heterocycles. The molecule has 0 aliphatic rings. The normalized spacial score (nSPS) is 11.8. The summed E-state index contributed by atoms with van der Waals surface area (Å²) >= 11 is 20.2. The molecule has 10 heterocycles. The van der Waals surface area contributed by atoms with Crippen molar-refractivity contribution >= 4 is 113 Å². The Kier molecular flexibility index (Phi) is 38.1. The summed E-state index contributed by atoms with van der Waals surface area (Å²) in [7, 11) is 0. The molecule has 0 atom stereocenters. The second-order valence-electron chi connectivity index (χ2n) is 29.6. The van der Waals surface area contributed by atoms with Gasteiger partial charge in [0.2, 0.25) is 0 Å². The molecule has 0 N–H and O–H groups in total. The second kappa shape index (κ2) is 47.7. The maximum atomic E-state index is 2.60. The molecule has 0 unspecified atom stereocenters. The zero-order chi connectivity index (χ0) is 70.4. The third kappa shape index (κ3) is 27.0. The summed E-state index contributed by atoms with van der Waals surface area (Å²) in [4.78, 5) is 26.4. The predicted molar refractivity (Wildman–Crippen MR) is 474 cm³/mol. The van der Waals surface area contributed by atoms with Crippen LogP contribution >= 0.6 is 113 Å². The van der Waals surface area contributed by atoms with Crippen molar-refractivity contribution in [1.29, 1.82) is 0 Å². The van der Waals surface area contributed by atoms with Gasteiger partial charge in [0.25, 0.3) is 0 Å². The van der Waals surface area contributed by atoms with E-state index in [-0.39, 0.29) is 0 Å². The molecule has 0 aliphatic heterocycles. The van der Waals surface area contributed by atoms with Crippen LogP contribution in [0.25, 0.3) is 78.0 Å². The second-order valence-corrected chi connectivity index (χ2v) is 40.2. The Bertz CT molecular complexity index is 3550. The van der Waals surface area contributed by atoms with Crippen LogP contribution in [0.1, 0.15) is 329 Å². The summed E-state index contributed by atoms with van der Waals surface area (Å²) in [5, 5.41) is 4.66. The molecule has 0 spiro atoms. The number of aryl methyl sites for hydroxylation is 6. The van der Waals surface area contributed by atoms with Crippen LogP contribution < -0.4 is 0 Å². The number of hydrogen-bond acceptors (Lipinski definition) is 10. The molecular weight excluding hydrogens is 1430 g/mol. The Hall–Kier alpha value is -3.00. The van der Waals surface area contributed by atoms with E-state index in [0.29, 0.717) is 0 Å². The van der Waals surface area contributed by atoms with Gasteiger partial charge in [-0.05, 0) is 207 Å². The first kappa shape index (κ1) is 81.5. The maximum absolute atomic E-state index is 2.60. The minimum Gasteiger partial charge on any atom is -0.143 e. The van der Waals surface area contributed by atoms with E-state index in [9.17, 15) is 0 Å². The van der Waals surface area contributed by atoms with Crippen LogP contribution in [-0.4, -0.2) is 0 Å². The lowest BCUT2D eigenvalue weighted by atomic mass is 10.0. The van der Waals surface area contributed by atoms with Crippen LogP contribution in [0.5, 0.6) is 0 Å². The van der Waals surface area contributed by atoms with Crippen LogP contribution in [0.4, 0.5) is 0 Å². The highest BCUT2D eigenvalue weighted by Crippen LogP contribution is 2.50. The number of hydrogen-bond donors (Lipinski definition) is 0. The molecule has 10 rings (SSSR count). The highest BCUT2D eigenvalue weighted by atomic mass is 32.1. The average Bonchev–Trinajstić information content (AvgIpc) is 1.65. The average molecular weight is 1550 g/mol. The highest BCUT2D eigenvalue weighted by molar-refractivity contribution is 7.31. The minimum absolute atomic E-state index is 1.16. The van der Waals surface area contributed by atoms with E-state index in [1.165, 1.54) is 383 Å². The smallest absolute Gasteiger partial charge is 0.0481 e. The summed E-state index contributed by atoms with van der Waals surface area (Å²) in [6.07, 6.45) is 65.0. The van der Waals surface area contributed by atoms with E-state index in [2.05, 4.69) is 181 Å². The van der Waals surface area contributed by atoms with E-state index >= 15 is 0 Å². The highest BCUT2D eigenvalue weighted by Gasteiger charge is 2.21. The van der Waals surface area contributed by atoms with E-state index in [0.717, 1.165) is 12.8 Å². The van der Waals surface area contributed by atoms with E-state index in [4.69, 9.17) is 0 Å². The Balaban J connectivity index is 0.740. The van der Waals surface area contributed by atoms with E-state index in [1.807, 2.05) is 68.0 Å². The van der Waals surface area contributed by atoms with E-state index in [1.54, 1.807) is 22.3 Å². The molecule has 0 aliphatic carbocycles. The van der Waals surface area contributed by atoms with Gasteiger partial charge in [0.05, 0.1) is 0 Å². The van der Waals surface area contributed by atoms with Crippen molar-refractivity contribution in [3.8, 4) is 78.0 Å². The largest absolute Gasteiger partial charge is 0.143 e. The SMILES string of the molecule is CCCCCCCCCCCCc1ccsc1-c1ccc(-c2ccc(-c3sc(-c4ccc(CCCCc5ccc(-c6cc(CCCCCCCCCCCC)c(-c7ccc(-c8ccc(-c9sccc9CCCCCCCCCCCC)s8)s7)s6)s5)s4)cc3CCCCCCCCCCCC)s2)s1. The molecule has 0 saturated carbocycles. The molecule has 102 heavy (non-hydrogen) atoms. The zero-order valence-corrected chi connectivity index (χ0v) is 71.6. The molecule has 0 radical (unpaired) electrons.